The summed E-state index contributed by atoms with van der Waals surface area (Å²) < 4.78 is 48.0. The Bertz CT molecular complexity index is 1060. The summed E-state index contributed by atoms with van der Waals surface area (Å²) in [6, 6.07) is 0. The van der Waals surface area contributed by atoms with Crippen LogP contribution >= 0.6 is 70.4 Å². The number of hydrogen-bond donors (Lipinski definition) is 8. The monoisotopic (exact) mass is 912 g/mol. The van der Waals surface area contributed by atoms with Crippen LogP contribution in [0.1, 0.15) is 13.8 Å². The van der Waals surface area contributed by atoms with Crippen molar-refractivity contribution < 1.29 is 116 Å². The quantitative estimate of drug-likeness (QED) is 0.0344. The Morgan fingerprint density at radius 1 is 0.623 bits per heavy atom. The highest BCUT2D eigenvalue weighted by Gasteiger charge is 2.36. The SMILES string of the molecule is CC(O)C(=O)OC(=O)C(C)O.COCC(=O)Cl.Cl.O=C(CO)OC(=O)CO.O=C(Cl)C(Cl)Cl.O=C(Cl)C(F)(F)F.O=C(OC(=O)C(O)CO)C(O)CO. The molecule has 0 saturated carbocycles. The van der Waals surface area contributed by atoms with Crippen LogP contribution in [0.25, 0.3) is 0 Å². The maximum Gasteiger partial charge on any atom is 0.466 e. The van der Waals surface area contributed by atoms with Crippen LogP contribution < -0.4 is 0 Å². The lowest BCUT2D eigenvalue weighted by atomic mass is 10.3. The van der Waals surface area contributed by atoms with E-state index >= 15 is 0 Å². The molecule has 314 valence electrons. The van der Waals surface area contributed by atoms with Gasteiger partial charge in [0.15, 0.2) is 17.0 Å². The Labute approximate surface area is 326 Å². The summed E-state index contributed by atoms with van der Waals surface area (Å²) in [7, 11) is 1.42. The number of aliphatic hydroxyl groups excluding tert-OH is 8. The lowest BCUT2D eigenvalue weighted by Gasteiger charge is -2.08. The van der Waals surface area contributed by atoms with Crippen LogP contribution in [0.4, 0.5) is 13.2 Å². The van der Waals surface area contributed by atoms with Gasteiger partial charge in [0.05, 0.1) is 13.2 Å². The Morgan fingerprint density at radius 2 is 0.887 bits per heavy atom. The van der Waals surface area contributed by atoms with Gasteiger partial charge in [0, 0.05) is 7.11 Å². The molecule has 4 unspecified atom stereocenters. The average molecular weight is 915 g/mol. The molecule has 0 aromatic rings. The largest absolute Gasteiger partial charge is 0.466 e. The first-order valence-corrected chi connectivity index (χ1v) is 14.4. The van der Waals surface area contributed by atoms with Gasteiger partial charge < -0.3 is 59.8 Å². The minimum absolute atomic E-state index is 0. The van der Waals surface area contributed by atoms with E-state index in [0.29, 0.717) is 0 Å². The smallest absolute Gasteiger partial charge is 0.393 e. The van der Waals surface area contributed by atoms with Gasteiger partial charge in [-0.2, -0.15) is 13.2 Å². The summed E-state index contributed by atoms with van der Waals surface area (Å²) in [5, 5.41) is 63.2. The highest BCUT2D eigenvalue weighted by atomic mass is 35.5. The third-order valence-corrected chi connectivity index (χ3v) is 4.27. The number of ether oxygens (including phenoxy) is 4. The van der Waals surface area contributed by atoms with Crippen LogP contribution in [0.3, 0.4) is 0 Å². The Balaban J connectivity index is -0.0000000978. The lowest BCUT2D eigenvalue weighted by Crippen LogP contribution is -2.34. The van der Waals surface area contributed by atoms with Crippen LogP contribution in [0.5, 0.6) is 0 Å². The number of carbonyl (C=O) groups is 9. The molecule has 0 aliphatic rings. The summed E-state index contributed by atoms with van der Waals surface area (Å²) in [4.78, 5) is 89.3. The molecule has 4 atom stereocenters. The predicted molar refractivity (Wildman–Crippen MR) is 170 cm³/mol. The number of carbonyl (C=O) groups excluding carboxylic acids is 9. The summed E-state index contributed by atoms with van der Waals surface area (Å²) in [6.07, 6.45) is -11.2. The lowest BCUT2D eigenvalue weighted by molar-refractivity contribution is -0.174. The van der Waals surface area contributed by atoms with Gasteiger partial charge in [-0.3, -0.25) is 14.4 Å². The van der Waals surface area contributed by atoms with E-state index in [0.717, 1.165) is 13.8 Å². The van der Waals surface area contributed by atoms with E-state index in [4.69, 9.17) is 92.1 Å². The summed E-state index contributed by atoms with van der Waals surface area (Å²) in [6.45, 7) is -1.16. The molecule has 0 fully saturated rings. The number of halogens is 9. The first-order chi connectivity index (χ1) is 23.5. The fourth-order valence-electron chi connectivity index (χ4n) is 0.959. The van der Waals surface area contributed by atoms with Crippen molar-refractivity contribution in [3.8, 4) is 0 Å². The molecule has 30 heteroatoms. The number of aliphatic hydroxyl groups is 8. The zero-order valence-corrected chi connectivity index (χ0v) is 31.3. The fraction of sp³-hybridized carbons (Fsp3) is 0.609. The van der Waals surface area contributed by atoms with Gasteiger partial charge in [-0.15, -0.1) is 12.4 Å². The van der Waals surface area contributed by atoms with Gasteiger partial charge in [0.2, 0.25) is 5.24 Å². The van der Waals surface area contributed by atoms with Crippen molar-refractivity contribution in [2.45, 2.75) is 49.3 Å². The van der Waals surface area contributed by atoms with Crippen LogP contribution in [0.2, 0.25) is 0 Å². The van der Waals surface area contributed by atoms with Crippen molar-refractivity contribution in [3.05, 3.63) is 0 Å². The molecule has 0 amide bonds. The standard InChI is InChI=1S/C6H10O7.C6H10O5.C4H6O5.C3H5ClO2.C2HCl3O.C2ClF3O.ClH/c7-1-3(9)5(11)13-6(12)4(10)2-8;1-3(7)5(9)11-6(10)4(2)8;5-1-3(7)9-4(8)2-6;1-6-2-3(4)5;3-1(4)2(5)6;3-1(7)2(4,5)6;/h3-4,7-10H,1-2H2;3-4,7-8H,1-2H3;5-6H,1-2H2;2H2,1H3;1H;;1H. The highest BCUT2D eigenvalue weighted by molar-refractivity contribution is 6.75. The minimum Gasteiger partial charge on any atom is -0.393 e. The summed E-state index contributed by atoms with van der Waals surface area (Å²) in [5.74, 6) is -6.99. The molecule has 0 aromatic carbocycles. The van der Waals surface area contributed by atoms with Crippen molar-refractivity contribution in [1.82, 2.24) is 0 Å². The number of alkyl halides is 5. The molecule has 0 aliphatic carbocycles. The Hall–Kier alpha value is -2.40. The third-order valence-electron chi connectivity index (χ3n) is 3.11. The molecule has 8 N–H and O–H groups in total. The average Bonchev–Trinajstić information content (AvgIpc) is 3.04. The summed E-state index contributed by atoms with van der Waals surface area (Å²) >= 11 is 23.3. The first kappa shape index (κ1) is 65.5. The van der Waals surface area contributed by atoms with Crippen molar-refractivity contribution in [2.75, 3.05) is 40.1 Å². The Morgan fingerprint density at radius 3 is 1.02 bits per heavy atom. The molecule has 53 heavy (non-hydrogen) atoms. The molecule has 0 spiro atoms. The highest BCUT2D eigenvalue weighted by Crippen LogP contribution is 2.17. The molecule has 0 radical (unpaired) electrons. The zero-order chi connectivity index (χ0) is 42.9. The number of rotatable bonds is 11. The molecule has 21 nitrogen and oxygen atoms in total. The van der Waals surface area contributed by atoms with E-state index in [1.54, 1.807) is 0 Å². The minimum atomic E-state index is -4.87. The van der Waals surface area contributed by atoms with Gasteiger partial charge in [-0.1, -0.05) is 23.2 Å². The topological polar surface area (TPSA) is 352 Å². The van der Waals surface area contributed by atoms with Gasteiger partial charge in [-0.05, 0) is 48.7 Å². The zero-order valence-electron chi connectivity index (χ0n) is 26.7. The van der Waals surface area contributed by atoms with Gasteiger partial charge >= 0.3 is 47.2 Å². The van der Waals surface area contributed by atoms with Crippen molar-refractivity contribution in [3.63, 3.8) is 0 Å². The normalized spacial score (nSPS) is 11.8. The fourth-order valence-corrected chi connectivity index (χ4v) is 1.07. The van der Waals surface area contributed by atoms with Crippen LogP contribution in [-0.4, -0.2) is 168 Å². The molecule has 0 saturated heterocycles. The van der Waals surface area contributed by atoms with Gasteiger partial charge in [0.1, 0.15) is 32.0 Å². The molecule has 0 aliphatic heterocycles. The van der Waals surface area contributed by atoms with E-state index in [1.807, 2.05) is 0 Å². The number of hydrogen-bond acceptors (Lipinski definition) is 21. The second-order valence-corrected chi connectivity index (χ2v) is 9.79. The maximum absolute atomic E-state index is 10.7. The van der Waals surface area contributed by atoms with Crippen LogP contribution in [0, 0.1) is 0 Å². The van der Waals surface area contributed by atoms with Crippen molar-refractivity contribution >= 4 is 122 Å². The van der Waals surface area contributed by atoms with E-state index in [1.165, 1.54) is 7.11 Å². The molecule has 0 bridgehead atoms. The molecular weight excluding hydrogens is 882 g/mol. The van der Waals surface area contributed by atoms with E-state index in [9.17, 15) is 51.5 Å². The first-order valence-electron chi connectivity index (χ1n) is 12.4. The third kappa shape index (κ3) is 51.8. The van der Waals surface area contributed by atoms with Gasteiger partial charge in [-0.25, -0.2) is 28.8 Å². The second-order valence-electron chi connectivity index (χ2n) is 7.56. The molecular formula is C23H33Cl6F3O21. The molecule has 0 aromatic heterocycles. The molecule has 0 rings (SSSR count). The van der Waals surface area contributed by atoms with Crippen LogP contribution in [0.15, 0.2) is 0 Å². The van der Waals surface area contributed by atoms with Crippen LogP contribution in [-0.2, 0) is 62.1 Å². The van der Waals surface area contributed by atoms with E-state index in [-0.39, 0.29) is 19.0 Å². The van der Waals surface area contributed by atoms with Gasteiger partial charge in [0.25, 0.3) is 5.24 Å². The predicted octanol–water partition coefficient (Wildman–Crippen LogP) is -2.69. The van der Waals surface area contributed by atoms with Crippen molar-refractivity contribution in [2.24, 2.45) is 0 Å². The Kier molecular flexibility index (Phi) is 48.6. The van der Waals surface area contributed by atoms with E-state index in [2.05, 4.69) is 30.5 Å². The number of methoxy groups -OCH3 is 1. The maximum atomic E-state index is 10.7. The molecule has 0 heterocycles. The number of esters is 6. The summed E-state index contributed by atoms with van der Waals surface area (Å²) in [5.41, 5.74) is 0. The second kappa shape index (κ2) is 39.3. The van der Waals surface area contributed by atoms with Crippen molar-refractivity contribution in [1.29, 1.82) is 0 Å². The van der Waals surface area contributed by atoms with E-state index < -0.39 is 113 Å².